The molecule has 1 heterocycles. The molecule has 1 saturated heterocycles. The molecule has 2 rings (SSSR count). The van der Waals surface area contributed by atoms with Crippen molar-refractivity contribution in [1.82, 2.24) is 0 Å². The summed E-state index contributed by atoms with van der Waals surface area (Å²) in [4.78, 5) is 0. The third kappa shape index (κ3) is 15.0. The van der Waals surface area contributed by atoms with Crippen LogP contribution in [0.3, 0.4) is 0 Å². The zero-order valence-electron chi connectivity index (χ0n) is 34.1. The number of aliphatic hydroxyl groups excluding tert-OH is 5. The predicted molar refractivity (Wildman–Crippen MR) is 220 cm³/mol. The Morgan fingerprint density at radius 1 is 0.704 bits per heavy atom. The standard InChI is InChI=1S/C46H66O8/c1-30(17-12-13-18-31(2)20-15-23-33(4)25-27-37-35(6)29-38(47)43(51)45(37,8)9)19-14-21-32(3)22-16-24-34(5)26-28-39(46(10,11)52)54-44-42(50)41(49)40(48)36(7)53-44/h12-28,36,38-44,47-52H,29H2,1-11H3/b13-12+,19-14+,20-15+,22-16+,27-25+,28-26+,30-17+,31-18+,32-21+,33-23+,34-24+/t36-,38+,39-,40+,41+,42-,43-,44-/m0/s1. The van der Waals surface area contributed by atoms with Crippen LogP contribution < -0.4 is 0 Å². The minimum absolute atomic E-state index is 0.489. The molecule has 0 spiro atoms. The summed E-state index contributed by atoms with van der Waals surface area (Å²) < 4.78 is 11.4. The molecule has 6 N–H and O–H groups in total. The summed E-state index contributed by atoms with van der Waals surface area (Å²) in [6, 6.07) is 0. The van der Waals surface area contributed by atoms with E-state index in [1.165, 1.54) is 0 Å². The lowest BCUT2D eigenvalue weighted by Gasteiger charge is -2.41. The maximum Gasteiger partial charge on any atom is 0.187 e. The minimum atomic E-state index is -1.46. The lowest BCUT2D eigenvalue weighted by Crippen LogP contribution is -2.58. The van der Waals surface area contributed by atoms with E-state index < -0.39 is 60.0 Å². The second-order valence-corrected chi connectivity index (χ2v) is 15.7. The molecule has 0 bridgehead atoms. The van der Waals surface area contributed by atoms with Crippen molar-refractivity contribution < 1.29 is 40.1 Å². The van der Waals surface area contributed by atoms with Crippen molar-refractivity contribution in [3.05, 3.63) is 142 Å². The third-order valence-electron chi connectivity index (χ3n) is 9.59. The van der Waals surface area contributed by atoms with Gasteiger partial charge in [0.1, 0.15) is 24.4 Å². The summed E-state index contributed by atoms with van der Waals surface area (Å²) in [7, 11) is 0. The summed E-state index contributed by atoms with van der Waals surface area (Å²) in [6.07, 6.45) is 25.9. The van der Waals surface area contributed by atoms with Crippen LogP contribution in [0.4, 0.5) is 0 Å². The Morgan fingerprint density at radius 3 is 1.63 bits per heavy atom. The van der Waals surface area contributed by atoms with Gasteiger partial charge in [-0.3, -0.25) is 0 Å². The maximum absolute atomic E-state index is 10.7. The molecule has 2 aliphatic rings. The molecule has 54 heavy (non-hydrogen) atoms. The molecule has 0 radical (unpaired) electrons. The molecule has 0 aromatic carbocycles. The predicted octanol–water partition coefficient (Wildman–Crippen LogP) is 7.51. The van der Waals surface area contributed by atoms with Crippen LogP contribution in [0.2, 0.25) is 0 Å². The molecule has 1 aliphatic heterocycles. The minimum Gasteiger partial charge on any atom is -0.390 e. The number of ether oxygens (including phenoxy) is 2. The van der Waals surface area contributed by atoms with Gasteiger partial charge in [-0.2, -0.15) is 0 Å². The van der Waals surface area contributed by atoms with Gasteiger partial charge in [0.25, 0.3) is 0 Å². The van der Waals surface area contributed by atoms with Gasteiger partial charge in [-0.25, -0.2) is 0 Å². The fourth-order valence-corrected chi connectivity index (χ4v) is 6.00. The van der Waals surface area contributed by atoms with E-state index in [0.29, 0.717) is 6.42 Å². The van der Waals surface area contributed by atoms with Crippen LogP contribution in [0.1, 0.15) is 82.6 Å². The summed E-state index contributed by atoms with van der Waals surface area (Å²) in [6.45, 7) is 20.8. The van der Waals surface area contributed by atoms with Crippen molar-refractivity contribution >= 4 is 0 Å². The number of hydrogen-bond donors (Lipinski definition) is 6. The molecule has 8 heteroatoms. The quantitative estimate of drug-likeness (QED) is 0.0948. The summed E-state index contributed by atoms with van der Waals surface area (Å²) >= 11 is 0. The topological polar surface area (TPSA) is 140 Å². The first-order chi connectivity index (χ1) is 25.1. The van der Waals surface area contributed by atoms with Gasteiger partial charge in [0.2, 0.25) is 0 Å². The molecular formula is C46H66O8. The molecule has 1 aliphatic carbocycles. The maximum atomic E-state index is 10.7. The number of hydrogen-bond acceptors (Lipinski definition) is 8. The van der Waals surface area contributed by atoms with Gasteiger partial charge in [-0.05, 0) is 74.3 Å². The molecule has 0 unspecified atom stereocenters. The average Bonchev–Trinajstić information content (AvgIpc) is 3.08. The van der Waals surface area contributed by atoms with Crippen molar-refractivity contribution in [1.29, 1.82) is 0 Å². The van der Waals surface area contributed by atoms with Gasteiger partial charge in [0, 0.05) is 5.41 Å². The average molecular weight is 747 g/mol. The van der Waals surface area contributed by atoms with E-state index in [1.54, 1.807) is 32.9 Å². The lowest BCUT2D eigenvalue weighted by atomic mass is 9.69. The van der Waals surface area contributed by atoms with E-state index in [0.717, 1.165) is 39.0 Å². The van der Waals surface area contributed by atoms with Gasteiger partial charge in [-0.1, -0.05) is 151 Å². The van der Waals surface area contributed by atoms with E-state index in [1.807, 2.05) is 109 Å². The highest BCUT2D eigenvalue weighted by Gasteiger charge is 2.44. The first-order valence-corrected chi connectivity index (χ1v) is 18.7. The molecule has 8 nitrogen and oxygen atoms in total. The molecule has 298 valence electrons. The van der Waals surface area contributed by atoms with Crippen LogP contribution in [0, 0.1) is 5.41 Å². The van der Waals surface area contributed by atoms with Crippen LogP contribution in [-0.2, 0) is 9.47 Å². The highest BCUT2D eigenvalue weighted by atomic mass is 16.7. The van der Waals surface area contributed by atoms with Crippen molar-refractivity contribution in [2.24, 2.45) is 5.41 Å². The fraction of sp³-hybridized carbons (Fsp3) is 0.478. The number of allylic oxidation sites excluding steroid dienone is 21. The second kappa shape index (κ2) is 21.6. The first kappa shape index (κ1) is 46.7. The Balaban J connectivity index is 1.91. The van der Waals surface area contributed by atoms with Gasteiger partial charge >= 0.3 is 0 Å². The highest BCUT2D eigenvalue weighted by Crippen LogP contribution is 2.41. The van der Waals surface area contributed by atoms with Crippen molar-refractivity contribution in [3.8, 4) is 0 Å². The van der Waals surface area contributed by atoms with Gasteiger partial charge < -0.3 is 40.1 Å². The zero-order valence-corrected chi connectivity index (χ0v) is 34.1. The van der Waals surface area contributed by atoms with Crippen LogP contribution >= 0.6 is 0 Å². The molecule has 0 aromatic rings. The molecule has 0 saturated carbocycles. The largest absolute Gasteiger partial charge is 0.390 e. The highest BCUT2D eigenvalue weighted by molar-refractivity contribution is 5.39. The van der Waals surface area contributed by atoms with Gasteiger partial charge in [0.15, 0.2) is 6.29 Å². The Labute approximate surface area is 324 Å². The van der Waals surface area contributed by atoms with Crippen LogP contribution in [0.15, 0.2) is 142 Å². The molecule has 0 aromatic heterocycles. The SMILES string of the molecule is CC1=C(/C=C/C(C)=C/C=C/C(C)=C/C=C/C=C(C)/C=C/C=C(C)/C=C/C=C(C)/C=C/[C@H](O[C@@H]2O[C@@H](C)[C@@H](O)[C@@H](O)[C@@H]2O)C(C)(C)O)C(C)(C)[C@@H](O)[C@H](O)C1. The fourth-order valence-electron chi connectivity index (χ4n) is 6.00. The second-order valence-electron chi connectivity index (χ2n) is 15.7. The molecule has 8 atom stereocenters. The van der Waals surface area contributed by atoms with E-state index in [-0.39, 0.29) is 0 Å². The molecule has 1 fully saturated rings. The molecule has 0 amide bonds. The smallest absolute Gasteiger partial charge is 0.187 e. The van der Waals surface area contributed by atoms with Crippen molar-refractivity contribution in [3.63, 3.8) is 0 Å². The van der Waals surface area contributed by atoms with E-state index in [2.05, 4.69) is 37.3 Å². The molecular weight excluding hydrogens is 680 g/mol. The van der Waals surface area contributed by atoms with Crippen molar-refractivity contribution in [2.45, 2.75) is 137 Å². The van der Waals surface area contributed by atoms with Crippen molar-refractivity contribution in [2.75, 3.05) is 0 Å². The Hall–Kier alpha value is -3.44. The third-order valence-corrected chi connectivity index (χ3v) is 9.59. The van der Waals surface area contributed by atoms with Gasteiger partial charge in [0.05, 0.1) is 23.9 Å². The lowest BCUT2D eigenvalue weighted by molar-refractivity contribution is -0.309. The number of aliphatic hydroxyl groups is 6. The van der Waals surface area contributed by atoms with E-state index in [4.69, 9.17) is 9.47 Å². The monoisotopic (exact) mass is 746 g/mol. The Bertz CT molecular complexity index is 1610. The summed E-state index contributed by atoms with van der Waals surface area (Å²) in [5.74, 6) is 0. The first-order valence-electron chi connectivity index (χ1n) is 18.7. The summed E-state index contributed by atoms with van der Waals surface area (Å²) in [5.41, 5.74) is 5.66. The Morgan fingerprint density at radius 2 is 1.15 bits per heavy atom. The van der Waals surface area contributed by atoms with Crippen LogP contribution in [0.25, 0.3) is 0 Å². The summed E-state index contributed by atoms with van der Waals surface area (Å²) in [5, 5.41) is 61.7. The Kier molecular flexibility index (Phi) is 18.7. The van der Waals surface area contributed by atoms with E-state index >= 15 is 0 Å². The van der Waals surface area contributed by atoms with Crippen LogP contribution in [0.5, 0.6) is 0 Å². The normalized spacial score (nSPS) is 29.4. The number of rotatable bonds is 15. The van der Waals surface area contributed by atoms with Crippen LogP contribution in [-0.4, -0.2) is 85.3 Å². The van der Waals surface area contributed by atoms with Gasteiger partial charge in [-0.15, -0.1) is 0 Å². The van der Waals surface area contributed by atoms with E-state index in [9.17, 15) is 30.6 Å². The zero-order chi connectivity index (χ0) is 40.8.